The van der Waals surface area contributed by atoms with Crippen molar-refractivity contribution in [3.63, 3.8) is 0 Å². The van der Waals surface area contributed by atoms with Crippen LogP contribution in [0.25, 0.3) is 0 Å². The molecule has 1 aliphatic heterocycles. The molecule has 0 spiro atoms. The number of amides is 2. The largest absolute Gasteiger partial charge is 0.416 e. The predicted molar refractivity (Wildman–Crippen MR) is 85.5 cm³/mol. The molecule has 1 fully saturated rings. The van der Waals surface area contributed by atoms with Crippen LogP contribution in [-0.2, 0) is 22.3 Å². The van der Waals surface area contributed by atoms with Crippen molar-refractivity contribution in [1.29, 1.82) is 0 Å². The molecule has 7 heteroatoms. The Hall–Kier alpha value is -2.83. The Bertz CT molecular complexity index is 790. The first-order chi connectivity index (χ1) is 11.8. The van der Waals surface area contributed by atoms with Crippen LogP contribution in [0.2, 0.25) is 0 Å². The highest BCUT2D eigenvalue weighted by Gasteiger charge is 2.38. The number of anilines is 1. The van der Waals surface area contributed by atoms with Gasteiger partial charge in [-0.1, -0.05) is 36.4 Å². The van der Waals surface area contributed by atoms with E-state index in [0.717, 1.165) is 22.6 Å². The molecule has 1 atom stereocenters. The molecule has 0 saturated carbocycles. The molecule has 2 aromatic carbocycles. The van der Waals surface area contributed by atoms with Crippen LogP contribution in [-0.4, -0.2) is 22.8 Å². The minimum Gasteiger partial charge on any atom is -0.373 e. The number of carbonyl (C=O) groups excluding carboxylic acids is 2. The van der Waals surface area contributed by atoms with Crippen molar-refractivity contribution in [2.24, 2.45) is 0 Å². The van der Waals surface area contributed by atoms with Crippen molar-refractivity contribution in [3.8, 4) is 0 Å². The summed E-state index contributed by atoms with van der Waals surface area (Å²) in [5.41, 5.74) is 0.155. The normalized spacial score (nSPS) is 17.9. The number of hydrogen-bond acceptors (Lipinski definition) is 3. The maximum absolute atomic E-state index is 12.8. The van der Waals surface area contributed by atoms with Crippen LogP contribution in [0.15, 0.2) is 54.6 Å². The van der Waals surface area contributed by atoms with Gasteiger partial charge in [0.05, 0.1) is 18.5 Å². The molecule has 1 heterocycles. The number of hydrogen-bond donors (Lipinski definition) is 1. The fourth-order valence-corrected chi connectivity index (χ4v) is 2.71. The van der Waals surface area contributed by atoms with Gasteiger partial charge in [-0.15, -0.1) is 0 Å². The van der Waals surface area contributed by atoms with Gasteiger partial charge in [0.15, 0.2) is 0 Å². The molecule has 0 aromatic heterocycles. The number of halogens is 3. The first-order valence-corrected chi connectivity index (χ1v) is 7.66. The highest BCUT2D eigenvalue weighted by molar-refractivity contribution is 6.06. The lowest BCUT2D eigenvalue weighted by atomic mass is 10.1. The van der Waals surface area contributed by atoms with Crippen molar-refractivity contribution in [1.82, 2.24) is 4.90 Å². The van der Waals surface area contributed by atoms with Crippen LogP contribution in [0.5, 0.6) is 0 Å². The fourth-order valence-electron chi connectivity index (χ4n) is 2.71. The molecule has 1 saturated heterocycles. The number of imide groups is 1. The molecule has 0 aliphatic carbocycles. The number of nitrogens with zero attached hydrogens (tertiary/aromatic N) is 1. The second-order valence-corrected chi connectivity index (χ2v) is 5.78. The van der Waals surface area contributed by atoms with Crippen LogP contribution in [0.3, 0.4) is 0 Å². The van der Waals surface area contributed by atoms with Crippen LogP contribution in [0.1, 0.15) is 17.5 Å². The van der Waals surface area contributed by atoms with Gasteiger partial charge in [0.2, 0.25) is 5.91 Å². The lowest BCUT2D eigenvalue weighted by molar-refractivity contribution is -0.139. The summed E-state index contributed by atoms with van der Waals surface area (Å²) in [6.07, 6.45) is -4.55. The molecule has 0 bridgehead atoms. The molecular formula is C18H15F3N2O2. The van der Waals surface area contributed by atoms with Gasteiger partial charge in [0.1, 0.15) is 6.04 Å². The zero-order chi connectivity index (χ0) is 18.0. The summed E-state index contributed by atoms with van der Waals surface area (Å²) in [6.45, 7) is 0.152. The molecular weight excluding hydrogens is 333 g/mol. The van der Waals surface area contributed by atoms with Crippen LogP contribution in [0.4, 0.5) is 18.9 Å². The summed E-state index contributed by atoms with van der Waals surface area (Å²) in [5, 5.41) is 2.74. The Morgan fingerprint density at radius 3 is 2.44 bits per heavy atom. The SMILES string of the molecule is O=C1C[C@@H](Nc2cccc(C(F)(F)F)c2)C(=O)N1Cc1ccccc1. The van der Waals surface area contributed by atoms with Gasteiger partial charge in [0, 0.05) is 5.69 Å². The van der Waals surface area contributed by atoms with E-state index in [9.17, 15) is 22.8 Å². The van der Waals surface area contributed by atoms with Crippen molar-refractivity contribution < 1.29 is 22.8 Å². The number of nitrogens with one attached hydrogen (secondary N) is 1. The Labute approximate surface area is 142 Å². The Balaban J connectivity index is 1.72. The van der Waals surface area contributed by atoms with E-state index in [0.29, 0.717) is 0 Å². The third-order valence-electron chi connectivity index (χ3n) is 3.96. The van der Waals surface area contributed by atoms with Gasteiger partial charge >= 0.3 is 6.18 Å². The first-order valence-electron chi connectivity index (χ1n) is 7.66. The maximum atomic E-state index is 12.8. The zero-order valence-corrected chi connectivity index (χ0v) is 13.1. The molecule has 130 valence electrons. The molecule has 2 amide bonds. The van der Waals surface area contributed by atoms with Gasteiger partial charge in [0.25, 0.3) is 5.91 Å². The minimum absolute atomic E-state index is 0.0814. The van der Waals surface area contributed by atoms with Gasteiger partial charge in [-0.05, 0) is 23.8 Å². The highest BCUT2D eigenvalue weighted by Crippen LogP contribution is 2.31. The average molecular weight is 348 g/mol. The summed E-state index contributed by atoms with van der Waals surface area (Å²) in [7, 11) is 0. The third-order valence-corrected chi connectivity index (χ3v) is 3.96. The second-order valence-electron chi connectivity index (χ2n) is 5.78. The molecule has 4 nitrogen and oxygen atoms in total. The van der Waals surface area contributed by atoms with E-state index >= 15 is 0 Å². The topological polar surface area (TPSA) is 49.4 Å². The Morgan fingerprint density at radius 1 is 1.04 bits per heavy atom. The summed E-state index contributed by atoms with van der Waals surface area (Å²) in [5.74, 6) is -0.787. The maximum Gasteiger partial charge on any atom is 0.416 e. The quantitative estimate of drug-likeness (QED) is 0.861. The molecule has 1 aliphatic rings. The monoisotopic (exact) mass is 348 g/mol. The van der Waals surface area contributed by atoms with Crippen molar-refractivity contribution in [3.05, 3.63) is 65.7 Å². The van der Waals surface area contributed by atoms with E-state index in [4.69, 9.17) is 0 Å². The summed E-state index contributed by atoms with van der Waals surface area (Å²) in [6, 6.07) is 12.8. The van der Waals surface area contributed by atoms with Gasteiger partial charge < -0.3 is 5.32 Å². The Kier molecular flexibility index (Phi) is 4.48. The van der Waals surface area contributed by atoms with E-state index in [-0.39, 0.29) is 24.6 Å². The number of benzene rings is 2. The number of alkyl halides is 3. The molecule has 25 heavy (non-hydrogen) atoms. The van der Waals surface area contributed by atoms with Crippen LogP contribution < -0.4 is 5.32 Å². The molecule has 3 rings (SSSR count). The smallest absolute Gasteiger partial charge is 0.373 e. The molecule has 2 aromatic rings. The predicted octanol–water partition coefficient (Wildman–Crippen LogP) is 3.45. The summed E-state index contributed by atoms with van der Waals surface area (Å²) >= 11 is 0. The number of likely N-dealkylation sites (tertiary alicyclic amines) is 1. The third kappa shape index (κ3) is 3.81. The molecule has 1 N–H and O–H groups in total. The average Bonchev–Trinajstić information content (AvgIpc) is 2.83. The minimum atomic E-state index is -4.47. The van der Waals surface area contributed by atoms with E-state index in [2.05, 4.69) is 5.32 Å². The zero-order valence-electron chi connectivity index (χ0n) is 13.1. The van der Waals surface area contributed by atoms with Crippen molar-refractivity contribution in [2.75, 3.05) is 5.32 Å². The van der Waals surface area contributed by atoms with Crippen LogP contribution >= 0.6 is 0 Å². The molecule has 0 unspecified atom stereocenters. The molecule has 0 radical (unpaired) electrons. The number of rotatable bonds is 4. The lowest BCUT2D eigenvalue weighted by Crippen LogP contribution is -2.34. The van der Waals surface area contributed by atoms with Crippen molar-refractivity contribution in [2.45, 2.75) is 25.2 Å². The van der Waals surface area contributed by atoms with E-state index in [1.165, 1.54) is 12.1 Å². The lowest BCUT2D eigenvalue weighted by Gasteiger charge is -2.17. The van der Waals surface area contributed by atoms with E-state index < -0.39 is 23.7 Å². The Morgan fingerprint density at radius 2 is 1.76 bits per heavy atom. The fraction of sp³-hybridized carbons (Fsp3) is 0.222. The van der Waals surface area contributed by atoms with Crippen molar-refractivity contribution >= 4 is 17.5 Å². The van der Waals surface area contributed by atoms with E-state index in [1.807, 2.05) is 6.07 Å². The highest BCUT2D eigenvalue weighted by atomic mass is 19.4. The van der Waals surface area contributed by atoms with Gasteiger partial charge in [-0.3, -0.25) is 14.5 Å². The summed E-state index contributed by atoms with van der Waals surface area (Å²) < 4.78 is 38.3. The van der Waals surface area contributed by atoms with Crippen LogP contribution in [0, 0.1) is 0 Å². The van der Waals surface area contributed by atoms with Gasteiger partial charge in [-0.25, -0.2) is 0 Å². The number of carbonyl (C=O) groups is 2. The second kappa shape index (κ2) is 6.58. The van der Waals surface area contributed by atoms with E-state index in [1.54, 1.807) is 24.3 Å². The van der Waals surface area contributed by atoms with Gasteiger partial charge in [-0.2, -0.15) is 13.2 Å². The standard InChI is InChI=1S/C18H15F3N2O2/c19-18(20,21)13-7-4-8-14(9-13)22-15-10-16(24)23(17(15)25)11-12-5-2-1-3-6-12/h1-9,15,22H,10-11H2/t15-/m1/s1. The first kappa shape index (κ1) is 17.0. The summed E-state index contributed by atoms with van der Waals surface area (Å²) in [4.78, 5) is 25.7.